The van der Waals surface area contributed by atoms with Crippen molar-refractivity contribution in [2.75, 3.05) is 4.90 Å². The second kappa shape index (κ2) is 16.5. The summed E-state index contributed by atoms with van der Waals surface area (Å²) in [5, 5.41) is 9.52. The van der Waals surface area contributed by atoms with Crippen molar-refractivity contribution < 1.29 is 6.85 Å². The average molecular weight is 870 g/mol. The molecule has 1 aromatic heterocycles. The van der Waals surface area contributed by atoms with Crippen LogP contribution in [0.15, 0.2) is 267 Å². The van der Waals surface area contributed by atoms with Crippen molar-refractivity contribution in [1.82, 2.24) is 4.57 Å². The Bertz CT molecular complexity index is 4260. The molecular weight excluding hydrogens is 821 g/mol. The Morgan fingerprint density at radius 3 is 1.60 bits per heavy atom. The summed E-state index contributed by atoms with van der Waals surface area (Å²) >= 11 is 0. The minimum Gasteiger partial charge on any atom is -0.310 e. The zero-order chi connectivity index (χ0) is 49.3. The third-order valence-electron chi connectivity index (χ3n) is 13.5. The summed E-state index contributed by atoms with van der Waals surface area (Å²) in [5.41, 5.74) is 13.7. The van der Waals surface area contributed by atoms with E-state index in [4.69, 9.17) is 6.85 Å². The third kappa shape index (κ3) is 6.73. The lowest BCUT2D eigenvalue weighted by molar-refractivity contribution is 1.20. The maximum atomic E-state index is 8.65. The van der Waals surface area contributed by atoms with Gasteiger partial charge in [-0.25, -0.2) is 0 Å². The first kappa shape index (κ1) is 34.4. The number of anilines is 3. The highest BCUT2D eigenvalue weighted by Crippen LogP contribution is 2.44. The van der Waals surface area contributed by atoms with Gasteiger partial charge < -0.3 is 9.47 Å². The van der Waals surface area contributed by atoms with Gasteiger partial charge in [-0.3, -0.25) is 0 Å². The molecular formula is C66H44N2. The fraction of sp³-hybridized carbons (Fsp3) is 0. The van der Waals surface area contributed by atoms with Gasteiger partial charge in [0.2, 0.25) is 0 Å². The Balaban J connectivity index is 0.910. The van der Waals surface area contributed by atoms with Crippen molar-refractivity contribution in [2.45, 2.75) is 0 Å². The molecule has 68 heavy (non-hydrogen) atoms. The Kier molecular flexibility index (Phi) is 8.33. The van der Waals surface area contributed by atoms with Crippen molar-refractivity contribution in [3.63, 3.8) is 0 Å². The van der Waals surface area contributed by atoms with Crippen LogP contribution in [0.4, 0.5) is 17.1 Å². The monoisotopic (exact) mass is 869 g/mol. The second-order valence-corrected chi connectivity index (χ2v) is 17.3. The van der Waals surface area contributed by atoms with Gasteiger partial charge in [0, 0.05) is 32.9 Å². The zero-order valence-corrected chi connectivity index (χ0v) is 36.9. The molecule has 2 heteroatoms. The maximum absolute atomic E-state index is 8.65. The smallest absolute Gasteiger partial charge is 0.0629 e. The van der Waals surface area contributed by atoms with Gasteiger partial charge in [0.25, 0.3) is 0 Å². The van der Waals surface area contributed by atoms with Crippen LogP contribution in [-0.4, -0.2) is 4.57 Å². The van der Waals surface area contributed by atoms with Gasteiger partial charge in [0.05, 0.1) is 29.3 Å². The largest absolute Gasteiger partial charge is 0.310 e. The SMILES string of the molecule is [2H]c1c([2H])c([2H])c(-c2ccc(N(c3ccc(-c4ccccc4)cc3)c3ccc(-c4ccc(-c5ccc6c7c8ccccc8ccc7n(-c7cccc8ccccc78)c6c5)cc4)c4ccccc34)cc2)c([2H])c1[2H]. The molecule has 0 amide bonds. The molecule has 0 N–H and O–H groups in total. The lowest BCUT2D eigenvalue weighted by Crippen LogP contribution is -2.10. The third-order valence-corrected chi connectivity index (χ3v) is 13.5. The van der Waals surface area contributed by atoms with E-state index in [-0.39, 0.29) is 29.7 Å². The zero-order valence-electron chi connectivity index (χ0n) is 41.9. The van der Waals surface area contributed by atoms with Crippen LogP contribution < -0.4 is 4.90 Å². The van der Waals surface area contributed by atoms with Crippen molar-refractivity contribution in [1.29, 1.82) is 0 Å². The van der Waals surface area contributed by atoms with Gasteiger partial charge in [-0.15, -0.1) is 0 Å². The number of rotatable bonds is 8. The van der Waals surface area contributed by atoms with E-state index in [9.17, 15) is 0 Å². The van der Waals surface area contributed by atoms with Gasteiger partial charge in [0.1, 0.15) is 0 Å². The first-order valence-corrected chi connectivity index (χ1v) is 23.0. The summed E-state index contributed by atoms with van der Waals surface area (Å²) in [5.74, 6) is 0. The van der Waals surface area contributed by atoms with Crippen LogP contribution in [0.25, 0.3) is 104 Å². The van der Waals surface area contributed by atoms with E-state index in [0.29, 0.717) is 5.56 Å². The van der Waals surface area contributed by atoms with E-state index >= 15 is 0 Å². The molecule has 1 heterocycles. The summed E-state index contributed by atoms with van der Waals surface area (Å²) in [7, 11) is 0. The number of benzene rings is 12. The van der Waals surface area contributed by atoms with E-state index in [2.05, 4.69) is 204 Å². The molecule has 13 rings (SSSR count). The molecule has 0 saturated carbocycles. The maximum Gasteiger partial charge on any atom is 0.0629 e. The van der Waals surface area contributed by atoms with Crippen molar-refractivity contribution in [3.05, 3.63) is 267 Å². The van der Waals surface area contributed by atoms with Gasteiger partial charge in [-0.2, -0.15) is 0 Å². The summed E-state index contributed by atoms with van der Waals surface area (Å²) in [6.45, 7) is 0. The number of hydrogen-bond acceptors (Lipinski definition) is 1. The van der Waals surface area contributed by atoms with Crippen LogP contribution in [0.2, 0.25) is 0 Å². The highest BCUT2D eigenvalue weighted by molar-refractivity contribution is 6.22. The van der Waals surface area contributed by atoms with E-state index in [1.54, 1.807) is 0 Å². The topological polar surface area (TPSA) is 8.17 Å². The fourth-order valence-corrected chi connectivity index (χ4v) is 10.2. The van der Waals surface area contributed by atoms with Crippen LogP contribution >= 0.6 is 0 Å². The fourth-order valence-electron chi connectivity index (χ4n) is 10.2. The van der Waals surface area contributed by atoms with E-state index in [1.165, 1.54) is 37.8 Å². The first-order chi connectivity index (χ1) is 35.8. The average Bonchev–Trinajstić information content (AvgIpc) is 3.79. The summed E-state index contributed by atoms with van der Waals surface area (Å²) in [6, 6.07) is 82.0. The Hall–Kier alpha value is -8.98. The van der Waals surface area contributed by atoms with Crippen LogP contribution in [-0.2, 0) is 0 Å². The molecule has 0 aliphatic carbocycles. The number of aromatic nitrogens is 1. The number of hydrogen-bond donors (Lipinski definition) is 0. The van der Waals surface area contributed by atoms with E-state index in [1.807, 2.05) is 42.5 Å². The van der Waals surface area contributed by atoms with Crippen molar-refractivity contribution >= 4 is 71.2 Å². The molecule has 0 unspecified atom stereocenters. The van der Waals surface area contributed by atoms with Crippen molar-refractivity contribution in [2.24, 2.45) is 0 Å². The predicted molar refractivity (Wildman–Crippen MR) is 290 cm³/mol. The normalized spacial score (nSPS) is 12.6. The highest BCUT2D eigenvalue weighted by Gasteiger charge is 2.20. The Labute approximate surface area is 402 Å². The van der Waals surface area contributed by atoms with E-state index < -0.39 is 6.04 Å². The quantitative estimate of drug-likeness (QED) is 0.148. The molecule has 2 nitrogen and oxygen atoms in total. The summed E-state index contributed by atoms with van der Waals surface area (Å²) in [4.78, 5) is 2.23. The minimum absolute atomic E-state index is 0.176. The molecule has 12 aromatic carbocycles. The van der Waals surface area contributed by atoms with Crippen LogP contribution in [0.5, 0.6) is 0 Å². The van der Waals surface area contributed by atoms with Gasteiger partial charge in [-0.05, 0) is 115 Å². The summed E-state index contributed by atoms with van der Waals surface area (Å²) < 4.78 is 44.5. The van der Waals surface area contributed by atoms with Gasteiger partial charge in [0.15, 0.2) is 0 Å². The minimum atomic E-state index is -0.406. The highest BCUT2D eigenvalue weighted by atomic mass is 15.1. The molecule has 13 aromatic rings. The molecule has 318 valence electrons. The molecule has 0 atom stereocenters. The van der Waals surface area contributed by atoms with E-state index in [0.717, 1.165) is 72.4 Å². The Morgan fingerprint density at radius 1 is 0.324 bits per heavy atom. The standard InChI is InChI=1S/C66H44N2/c1-3-14-45(15-4-1)47-30-36-54(37-31-47)67(55-38-32-48(33-39-55)46-16-5-2-6-17-46)63-43-41-56(59-23-11-12-24-60(59)63)52-28-26-49(27-29-52)53-34-40-61-65(44-53)68(62-25-13-20-50-18-7-9-21-57(50)62)64-42-35-51-19-8-10-22-58(51)66(61)64/h1-44H/i1D,3D,4D,14D,15D. The second-order valence-electron chi connectivity index (χ2n) is 17.3. The molecule has 0 aliphatic heterocycles. The first-order valence-electron chi connectivity index (χ1n) is 25.5. The molecule has 0 radical (unpaired) electrons. The molecule has 0 fully saturated rings. The van der Waals surface area contributed by atoms with Crippen molar-refractivity contribution in [3.8, 4) is 50.2 Å². The lowest BCUT2D eigenvalue weighted by Gasteiger charge is -2.28. The van der Waals surface area contributed by atoms with Gasteiger partial charge in [-0.1, -0.05) is 218 Å². The van der Waals surface area contributed by atoms with Crippen LogP contribution in [0.3, 0.4) is 0 Å². The molecule has 0 saturated heterocycles. The number of fused-ring (bicyclic) bond motifs is 7. The molecule has 0 spiro atoms. The predicted octanol–water partition coefficient (Wildman–Crippen LogP) is 18.4. The molecule has 0 aliphatic rings. The molecule has 0 bridgehead atoms. The van der Waals surface area contributed by atoms with Crippen LogP contribution in [0, 0.1) is 0 Å². The van der Waals surface area contributed by atoms with Crippen LogP contribution in [0.1, 0.15) is 6.85 Å². The number of nitrogens with zero attached hydrogens (tertiary/aromatic N) is 2. The van der Waals surface area contributed by atoms with Gasteiger partial charge >= 0.3 is 0 Å². The lowest BCUT2D eigenvalue weighted by atomic mass is 9.94. The Morgan fingerprint density at radius 2 is 0.868 bits per heavy atom. The summed E-state index contributed by atoms with van der Waals surface area (Å²) in [6.07, 6.45) is 0.